The van der Waals surface area contributed by atoms with Gasteiger partial charge in [-0.1, -0.05) is 62.3 Å². The number of aliphatic hydroxyl groups is 2. The minimum absolute atomic E-state index is 0.0906. The number of methoxy groups -OCH3 is 1. The number of nitrogens with one attached hydrogen (secondary N) is 2. The lowest BCUT2D eigenvalue weighted by Gasteiger charge is -2.58. The molecule has 3 heterocycles. The highest BCUT2D eigenvalue weighted by atomic mass is 32.2. The molecule has 1 saturated carbocycles. The van der Waals surface area contributed by atoms with Crippen LogP contribution in [0.1, 0.15) is 97.8 Å². The standard InChI is InChI=1S/C46H58N2O7S/c1-10-29(6)46-37-38(48-33-16-11-12-17-34(33)56-42(37)30(7)43(51)45(46,52)23-14-18-35(50)47-25-26-49)36-40(53-9)32-21-24-44(8,22-13-15-27(2)3)54-39(32)31(41(36)55-46)20-19-28(4)5/h11-12,14-19,21,24,29-30,42,48-49,52H,10,13,20,22-23,25-26H2,1-9H3,(H,47,50)/b18-14-. The Morgan fingerprint density at radius 3 is 2.54 bits per heavy atom. The number of allylic oxidation sites excluding steroid dienone is 4. The summed E-state index contributed by atoms with van der Waals surface area (Å²) in [5, 5.41) is 28.7. The number of thioether (sulfide) groups is 1. The van der Waals surface area contributed by atoms with Gasteiger partial charge in [-0.05, 0) is 90.7 Å². The summed E-state index contributed by atoms with van der Waals surface area (Å²) in [6, 6.07) is 8.08. The van der Waals surface area contributed by atoms with Crippen LogP contribution in [0.25, 0.3) is 11.8 Å². The second-order valence-corrected chi connectivity index (χ2v) is 17.4. The highest BCUT2D eigenvalue weighted by Gasteiger charge is 2.70. The number of rotatable bonds is 13. The minimum Gasteiger partial charge on any atom is -0.495 e. The summed E-state index contributed by atoms with van der Waals surface area (Å²) in [7, 11) is 1.66. The van der Waals surface area contributed by atoms with E-state index < -0.39 is 33.9 Å². The number of fused-ring (bicyclic) bond motifs is 4. The fraction of sp³-hybridized carbons (Fsp3) is 0.478. The van der Waals surface area contributed by atoms with Gasteiger partial charge in [-0.2, -0.15) is 0 Å². The van der Waals surface area contributed by atoms with E-state index in [2.05, 4.69) is 75.6 Å². The van der Waals surface area contributed by atoms with Gasteiger partial charge in [0.15, 0.2) is 17.0 Å². The fourth-order valence-corrected chi connectivity index (χ4v) is 10.1. The lowest BCUT2D eigenvalue weighted by molar-refractivity contribution is -0.180. The van der Waals surface area contributed by atoms with Gasteiger partial charge >= 0.3 is 0 Å². The first-order valence-electron chi connectivity index (χ1n) is 19.9. The first-order valence-corrected chi connectivity index (χ1v) is 20.7. The molecule has 300 valence electrons. The molecule has 6 rings (SSSR count). The molecule has 6 atom stereocenters. The van der Waals surface area contributed by atoms with Crippen LogP contribution in [-0.4, -0.2) is 64.2 Å². The van der Waals surface area contributed by atoms with Crippen LogP contribution < -0.4 is 24.8 Å². The monoisotopic (exact) mass is 782 g/mol. The van der Waals surface area contributed by atoms with Crippen molar-refractivity contribution in [2.24, 2.45) is 11.8 Å². The van der Waals surface area contributed by atoms with E-state index in [-0.39, 0.29) is 31.3 Å². The SMILES string of the molecule is CCC(C)C12Oc3c(CC=C(C)C)c4c(c(OC)c3C3=C1C(Sc1ccccc1N3)C(C)C(=O)C2(O)C/C=C\C(=O)NCCO)C=CC(C)(CCC=C(C)C)O4. The summed E-state index contributed by atoms with van der Waals surface area (Å²) in [5.74, 6) is -0.0296. The molecule has 2 aromatic carbocycles. The van der Waals surface area contributed by atoms with Crippen molar-refractivity contribution in [3.63, 3.8) is 0 Å². The number of amides is 1. The Morgan fingerprint density at radius 2 is 1.86 bits per heavy atom. The molecule has 1 fully saturated rings. The average molecular weight is 783 g/mol. The van der Waals surface area contributed by atoms with Gasteiger partial charge in [-0.15, -0.1) is 11.8 Å². The van der Waals surface area contributed by atoms with Crippen LogP contribution in [0, 0.1) is 11.8 Å². The molecule has 3 aliphatic heterocycles. The van der Waals surface area contributed by atoms with Crippen LogP contribution in [0.5, 0.6) is 17.2 Å². The Morgan fingerprint density at radius 1 is 1.12 bits per heavy atom. The third-order valence-corrected chi connectivity index (χ3v) is 13.2. The van der Waals surface area contributed by atoms with Crippen LogP contribution >= 0.6 is 11.8 Å². The second kappa shape index (κ2) is 16.3. The molecule has 6 unspecified atom stereocenters. The number of carbonyl (C=O) groups excluding carboxylic acids is 2. The van der Waals surface area contributed by atoms with Gasteiger partial charge in [0.25, 0.3) is 0 Å². The van der Waals surface area contributed by atoms with Crippen molar-refractivity contribution in [2.45, 2.75) is 114 Å². The Balaban J connectivity index is 1.70. The van der Waals surface area contributed by atoms with E-state index in [0.717, 1.165) is 57.0 Å². The summed E-state index contributed by atoms with van der Waals surface area (Å²) in [4.78, 5) is 28.8. The number of ether oxygens (including phenoxy) is 3. The maximum atomic E-state index is 15.1. The summed E-state index contributed by atoms with van der Waals surface area (Å²) >= 11 is 1.61. The Bertz CT molecular complexity index is 2040. The fourth-order valence-electron chi connectivity index (χ4n) is 8.64. The molecule has 0 saturated heterocycles. The summed E-state index contributed by atoms with van der Waals surface area (Å²) in [6.45, 7) is 16.3. The zero-order valence-electron chi connectivity index (χ0n) is 34.3. The topological polar surface area (TPSA) is 126 Å². The van der Waals surface area contributed by atoms with Crippen molar-refractivity contribution >= 4 is 40.9 Å². The zero-order valence-corrected chi connectivity index (χ0v) is 35.1. The third-order valence-electron chi connectivity index (χ3n) is 11.7. The molecule has 10 heteroatoms. The van der Waals surface area contributed by atoms with E-state index in [1.807, 2.05) is 39.0 Å². The third kappa shape index (κ3) is 7.13. The largest absolute Gasteiger partial charge is 0.495 e. The normalized spacial score (nSPS) is 26.3. The van der Waals surface area contributed by atoms with Crippen molar-refractivity contribution in [1.29, 1.82) is 0 Å². The number of anilines is 1. The van der Waals surface area contributed by atoms with E-state index in [0.29, 0.717) is 30.1 Å². The van der Waals surface area contributed by atoms with E-state index in [9.17, 15) is 15.0 Å². The smallest absolute Gasteiger partial charge is 0.243 e. The summed E-state index contributed by atoms with van der Waals surface area (Å²) < 4.78 is 21.1. The molecule has 4 aliphatic rings. The Labute approximate surface area is 336 Å². The number of benzene rings is 2. The molecule has 0 spiro atoms. The van der Waals surface area contributed by atoms with Gasteiger partial charge in [-0.25, -0.2) is 0 Å². The lowest BCUT2D eigenvalue weighted by atomic mass is 9.56. The van der Waals surface area contributed by atoms with Crippen molar-refractivity contribution < 1.29 is 34.0 Å². The quantitative estimate of drug-likeness (QED) is 0.117. The van der Waals surface area contributed by atoms with E-state index >= 15 is 4.79 Å². The minimum atomic E-state index is -2.08. The van der Waals surface area contributed by atoms with Crippen molar-refractivity contribution in [3.05, 3.63) is 88.1 Å². The first kappa shape index (κ1) is 41.4. The average Bonchev–Trinajstić information content (AvgIpc) is 3.34. The number of Topliss-reactive ketones (excluding diaryl/α,β-unsaturated/α-hetero) is 1. The molecule has 9 nitrogen and oxygen atoms in total. The van der Waals surface area contributed by atoms with E-state index in [4.69, 9.17) is 14.2 Å². The van der Waals surface area contributed by atoms with Gasteiger partial charge in [0.2, 0.25) is 5.91 Å². The van der Waals surface area contributed by atoms with Gasteiger partial charge in [0, 0.05) is 46.1 Å². The molecule has 1 amide bonds. The van der Waals surface area contributed by atoms with Gasteiger partial charge in [0.05, 0.1) is 36.2 Å². The number of ketones is 1. The Hall–Kier alpha value is -4.25. The predicted molar refractivity (Wildman–Crippen MR) is 225 cm³/mol. The van der Waals surface area contributed by atoms with Crippen LogP contribution in [0.4, 0.5) is 5.69 Å². The van der Waals surface area contributed by atoms with E-state index in [1.54, 1.807) is 24.9 Å². The predicted octanol–water partition coefficient (Wildman–Crippen LogP) is 8.59. The molecule has 56 heavy (non-hydrogen) atoms. The highest BCUT2D eigenvalue weighted by Crippen LogP contribution is 2.64. The summed E-state index contributed by atoms with van der Waals surface area (Å²) in [5.41, 5.74) is 2.87. The van der Waals surface area contributed by atoms with Crippen LogP contribution in [0.3, 0.4) is 0 Å². The number of aliphatic hydroxyl groups excluding tert-OH is 1. The number of para-hydroxylation sites is 1. The van der Waals surface area contributed by atoms with E-state index in [1.165, 1.54) is 11.6 Å². The number of hydrogen-bond donors (Lipinski definition) is 4. The van der Waals surface area contributed by atoms with Gasteiger partial charge in [0.1, 0.15) is 22.8 Å². The van der Waals surface area contributed by atoms with Crippen LogP contribution in [0.2, 0.25) is 0 Å². The highest BCUT2D eigenvalue weighted by molar-refractivity contribution is 8.00. The van der Waals surface area contributed by atoms with Crippen molar-refractivity contribution in [2.75, 3.05) is 25.6 Å². The lowest BCUT2D eigenvalue weighted by Crippen LogP contribution is -2.73. The van der Waals surface area contributed by atoms with Crippen molar-refractivity contribution in [3.8, 4) is 17.2 Å². The molecule has 0 bridgehead atoms. The molecule has 4 N–H and O–H groups in total. The van der Waals surface area contributed by atoms with Gasteiger partial charge < -0.3 is 35.1 Å². The van der Waals surface area contributed by atoms with Crippen LogP contribution in [0.15, 0.2) is 76.3 Å². The van der Waals surface area contributed by atoms with Crippen molar-refractivity contribution in [1.82, 2.24) is 5.32 Å². The molecule has 0 aromatic heterocycles. The molecule has 2 aromatic rings. The molecular formula is C46H58N2O7S. The maximum absolute atomic E-state index is 15.1. The molecule has 0 radical (unpaired) electrons. The summed E-state index contributed by atoms with van der Waals surface area (Å²) in [6.07, 6.45) is 13.9. The zero-order chi connectivity index (χ0) is 40.6. The second-order valence-electron chi connectivity index (χ2n) is 16.2. The maximum Gasteiger partial charge on any atom is 0.243 e. The van der Waals surface area contributed by atoms with Gasteiger partial charge in [-0.3, -0.25) is 9.59 Å². The molecular weight excluding hydrogens is 725 g/mol. The first-order chi connectivity index (χ1) is 26.7. The number of hydrogen-bond acceptors (Lipinski definition) is 9. The Kier molecular flexibility index (Phi) is 12.1. The number of carbonyl (C=O) groups is 2. The molecule has 1 aliphatic carbocycles. The van der Waals surface area contributed by atoms with Crippen LogP contribution in [-0.2, 0) is 16.0 Å².